The lowest BCUT2D eigenvalue weighted by Gasteiger charge is -2.33. The van der Waals surface area contributed by atoms with Gasteiger partial charge < -0.3 is 20.2 Å². The summed E-state index contributed by atoms with van der Waals surface area (Å²) < 4.78 is 0. The third-order valence-electron chi connectivity index (χ3n) is 4.33. The number of hydrogen-bond donors (Lipinski definition) is 2. The molecule has 0 saturated carbocycles. The average molecular weight is 347 g/mol. The molecule has 1 heterocycles. The van der Waals surface area contributed by atoms with Crippen molar-refractivity contribution < 1.29 is 19.5 Å². The number of hydrogen-bond acceptors (Lipinski definition) is 3. The van der Waals surface area contributed by atoms with E-state index in [1.807, 2.05) is 30.3 Å². The highest BCUT2D eigenvalue weighted by Crippen LogP contribution is 2.18. The molecule has 0 unspecified atom stereocenters. The van der Waals surface area contributed by atoms with Crippen LogP contribution >= 0.6 is 0 Å². The maximum Gasteiger partial charge on any atom is 0.326 e. The Morgan fingerprint density at radius 3 is 2.64 bits per heavy atom. The van der Waals surface area contributed by atoms with Gasteiger partial charge in [0, 0.05) is 33.1 Å². The Bertz CT molecular complexity index is 606. The third kappa shape index (κ3) is 5.48. The lowest BCUT2D eigenvalue weighted by Crippen LogP contribution is -2.49. The summed E-state index contributed by atoms with van der Waals surface area (Å²) in [7, 11) is 1.69. The van der Waals surface area contributed by atoms with Crippen molar-refractivity contribution in [2.75, 3.05) is 20.1 Å². The van der Waals surface area contributed by atoms with Crippen LogP contribution in [-0.2, 0) is 16.1 Å². The molecular formula is C18H25N3O4. The van der Waals surface area contributed by atoms with E-state index in [0.29, 0.717) is 19.5 Å². The number of carbonyl (C=O) groups excluding carboxylic acids is 2. The Labute approximate surface area is 147 Å². The first kappa shape index (κ1) is 18.8. The first-order valence-corrected chi connectivity index (χ1v) is 8.54. The van der Waals surface area contributed by atoms with Gasteiger partial charge in [-0.25, -0.2) is 9.59 Å². The molecule has 1 aromatic rings. The quantitative estimate of drug-likeness (QED) is 0.819. The number of benzene rings is 1. The monoisotopic (exact) mass is 347 g/mol. The van der Waals surface area contributed by atoms with Crippen molar-refractivity contribution in [2.24, 2.45) is 0 Å². The van der Waals surface area contributed by atoms with Crippen molar-refractivity contribution in [1.82, 2.24) is 15.1 Å². The highest BCUT2D eigenvalue weighted by Gasteiger charge is 2.31. The number of carbonyl (C=O) groups is 3. The molecule has 0 radical (unpaired) electrons. The Balaban J connectivity index is 1.76. The van der Waals surface area contributed by atoms with Gasteiger partial charge in [-0.2, -0.15) is 0 Å². The van der Waals surface area contributed by atoms with E-state index >= 15 is 0 Å². The largest absolute Gasteiger partial charge is 0.480 e. The highest BCUT2D eigenvalue weighted by atomic mass is 16.4. The number of carboxylic acid groups (broad SMARTS) is 1. The zero-order valence-corrected chi connectivity index (χ0v) is 14.5. The van der Waals surface area contributed by atoms with Gasteiger partial charge in [-0.3, -0.25) is 4.79 Å². The third-order valence-corrected chi connectivity index (χ3v) is 4.33. The van der Waals surface area contributed by atoms with E-state index in [9.17, 15) is 19.5 Å². The van der Waals surface area contributed by atoms with Crippen molar-refractivity contribution >= 4 is 17.9 Å². The molecule has 2 N–H and O–H groups in total. The van der Waals surface area contributed by atoms with Gasteiger partial charge in [0.1, 0.15) is 6.04 Å². The standard InChI is InChI=1S/C18H25N3O4/c1-20(13-14-7-3-2-4-8-14)18(25)19-11-10-16(22)21-12-6-5-9-15(21)17(23)24/h2-4,7-8,15H,5-6,9-13H2,1H3,(H,19,25)(H,23,24)/t15-/m1/s1. The summed E-state index contributed by atoms with van der Waals surface area (Å²) in [6.45, 7) is 1.14. The van der Waals surface area contributed by atoms with Gasteiger partial charge in [-0.15, -0.1) is 0 Å². The fourth-order valence-corrected chi connectivity index (χ4v) is 2.97. The molecule has 1 aliphatic heterocycles. The molecule has 7 heteroatoms. The predicted octanol–water partition coefficient (Wildman–Crippen LogP) is 1.68. The van der Waals surface area contributed by atoms with Crippen LogP contribution in [0.3, 0.4) is 0 Å². The van der Waals surface area contributed by atoms with E-state index in [1.54, 1.807) is 11.9 Å². The zero-order chi connectivity index (χ0) is 18.2. The molecule has 1 atom stereocenters. The Hall–Kier alpha value is -2.57. The number of urea groups is 1. The molecule has 3 amide bonds. The molecule has 1 aliphatic rings. The molecule has 2 rings (SSSR count). The van der Waals surface area contributed by atoms with E-state index in [1.165, 1.54) is 4.90 Å². The molecular weight excluding hydrogens is 322 g/mol. The van der Waals surface area contributed by atoms with Crippen molar-refractivity contribution in [1.29, 1.82) is 0 Å². The first-order chi connectivity index (χ1) is 12.0. The molecule has 0 spiro atoms. The Morgan fingerprint density at radius 1 is 1.24 bits per heavy atom. The number of carboxylic acids is 1. The lowest BCUT2D eigenvalue weighted by atomic mass is 10.0. The van der Waals surface area contributed by atoms with Gasteiger partial charge in [0.15, 0.2) is 0 Å². The van der Waals surface area contributed by atoms with Crippen LogP contribution in [0.15, 0.2) is 30.3 Å². The Morgan fingerprint density at radius 2 is 1.96 bits per heavy atom. The molecule has 25 heavy (non-hydrogen) atoms. The van der Waals surface area contributed by atoms with Gasteiger partial charge in [0.2, 0.25) is 5.91 Å². The van der Waals surface area contributed by atoms with Crippen LogP contribution in [0.25, 0.3) is 0 Å². The van der Waals surface area contributed by atoms with Gasteiger partial charge in [-0.1, -0.05) is 30.3 Å². The summed E-state index contributed by atoms with van der Waals surface area (Å²) in [5.41, 5.74) is 1.02. The number of nitrogens with zero attached hydrogens (tertiary/aromatic N) is 2. The van der Waals surface area contributed by atoms with Crippen LogP contribution in [0.1, 0.15) is 31.2 Å². The normalized spacial score (nSPS) is 17.0. The molecule has 1 fully saturated rings. The summed E-state index contributed by atoms with van der Waals surface area (Å²) in [6.07, 6.45) is 2.24. The number of aliphatic carboxylic acids is 1. The van der Waals surface area contributed by atoms with Gasteiger partial charge >= 0.3 is 12.0 Å². The number of likely N-dealkylation sites (tertiary alicyclic amines) is 1. The molecule has 1 aromatic carbocycles. The van der Waals surface area contributed by atoms with Crippen LogP contribution < -0.4 is 5.32 Å². The summed E-state index contributed by atoms with van der Waals surface area (Å²) in [5.74, 6) is -1.18. The maximum absolute atomic E-state index is 12.3. The minimum Gasteiger partial charge on any atom is -0.480 e. The predicted molar refractivity (Wildman–Crippen MR) is 92.9 cm³/mol. The number of nitrogens with one attached hydrogen (secondary N) is 1. The first-order valence-electron chi connectivity index (χ1n) is 8.54. The second-order valence-electron chi connectivity index (χ2n) is 6.26. The summed E-state index contributed by atoms with van der Waals surface area (Å²) >= 11 is 0. The van der Waals surface area contributed by atoms with Crippen molar-refractivity contribution in [3.8, 4) is 0 Å². The maximum atomic E-state index is 12.3. The van der Waals surface area contributed by atoms with Crippen LogP contribution in [0.4, 0.5) is 4.79 Å². The minimum atomic E-state index is -0.959. The smallest absolute Gasteiger partial charge is 0.326 e. The van der Waals surface area contributed by atoms with Gasteiger partial charge in [-0.05, 0) is 24.8 Å². The summed E-state index contributed by atoms with van der Waals surface area (Å²) in [4.78, 5) is 38.5. The number of piperidine rings is 1. The van der Waals surface area contributed by atoms with Gasteiger partial charge in [0.05, 0.1) is 0 Å². The second-order valence-corrected chi connectivity index (χ2v) is 6.26. The number of amides is 3. The van der Waals surface area contributed by atoms with E-state index < -0.39 is 12.0 Å². The minimum absolute atomic E-state index is 0.106. The molecule has 136 valence electrons. The second kappa shape index (κ2) is 9.05. The van der Waals surface area contributed by atoms with Crippen LogP contribution in [0.2, 0.25) is 0 Å². The SMILES string of the molecule is CN(Cc1ccccc1)C(=O)NCCC(=O)N1CCCC[C@@H]1C(=O)O. The van der Waals surface area contributed by atoms with Gasteiger partial charge in [0.25, 0.3) is 0 Å². The fourth-order valence-electron chi connectivity index (χ4n) is 2.97. The summed E-state index contributed by atoms with van der Waals surface area (Å²) in [6, 6.07) is 8.63. The average Bonchev–Trinajstić information content (AvgIpc) is 2.62. The van der Waals surface area contributed by atoms with Crippen molar-refractivity contribution in [3.63, 3.8) is 0 Å². The highest BCUT2D eigenvalue weighted by molar-refractivity contribution is 5.84. The van der Waals surface area contributed by atoms with Crippen molar-refractivity contribution in [3.05, 3.63) is 35.9 Å². The summed E-state index contributed by atoms with van der Waals surface area (Å²) in [5, 5.41) is 11.9. The van der Waals surface area contributed by atoms with E-state index in [0.717, 1.165) is 18.4 Å². The molecule has 0 bridgehead atoms. The van der Waals surface area contributed by atoms with Crippen LogP contribution in [0.5, 0.6) is 0 Å². The molecule has 7 nitrogen and oxygen atoms in total. The van der Waals surface area contributed by atoms with Crippen molar-refractivity contribution in [2.45, 2.75) is 38.3 Å². The number of rotatable bonds is 6. The van der Waals surface area contributed by atoms with E-state index in [2.05, 4.69) is 5.32 Å². The van der Waals surface area contributed by atoms with Crippen LogP contribution in [-0.4, -0.2) is 59.0 Å². The van der Waals surface area contributed by atoms with E-state index in [-0.39, 0.29) is 24.9 Å². The zero-order valence-electron chi connectivity index (χ0n) is 14.5. The molecule has 0 aromatic heterocycles. The molecule has 0 aliphatic carbocycles. The lowest BCUT2D eigenvalue weighted by molar-refractivity contribution is -0.152. The Kier molecular flexibility index (Phi) is 6.80. The van der Waals surface area contributed by atoms with E-state index in [4.69, 9.17) is 0 Å². The van der Waals surface area contributed by atoms with Crippen LogP contribution in [0, 0.1) is 0 Å². The topological polar surface area (TPSA) is 90.0 Å². The fraction of sp³-hybridized carbons (Fsp3) is 0.500. The molecule has 1 saturated heterocycles.